The Kier molecular flexibility index (Phi) is 6.36. The monoisotopic (exact) mass is 264 g/mol. The minimum atomic E-state index is -0.0340. The van der Waals surface area contributed by atoms with Gasteiger partial charge in [-0.25, -0.2) is 0 Å². The number of ether oxygens (including phenoxy) is 1. The summed E-state index contributed by atoms with van der Waals surface area (Å²) >= 11 is 0. The summed E-state index contributed by atoms with van der Waals surface area (Å²) in [5.41, 5.74) is 1.71. The molecule has 0 aromatic heterocycles. The lowest BCUT2D eigenvalue weighted by Crippen LogP contribution is -2.25. The molecule has 0 saturated carbocycles. The number of hydrogen-bond acceptors (Lipinski definition) is 3. The predicted octanol–water partition coefficient (Wildman–Crippen LogP) is 2.30. The zero-order valence-electron chi connectivity index (χ0n) is 12.3. The van der Waals surface area contributed by atoms with Crippen molar-refractivity contribution in [3.63, 3.8) is 0 Å². The summed E-state index contributed by atoms with van der Waals surface area (Å²) in [6.07, 6.45) is 1.07. The number of nitrogens with zero attached hydrogens (tertiary/aromatic N) is 1. The van der Waals surface area contributed by atoms with Crippen molar-refractivity contribution in [3.8, 4) is 0 Å². The third-order valence-corrected chi connectivity index (χ3v) is 2.68. The molecule has 0 atom stereocenters. The first-order valence-corrected chi connectivity index (χ1v) is 6.68. The molecule has 0 aliphatic carbocycles. The molecule has 1 aromatic rings. The van der Waals surface area contributed by atoms with Gasteiger partial charge in [0.05, 0.1) is 6.10 Å². The standard InChI is InChI=1S/C15H24N2O2/c1-12(2)19-10-6-9-16-15(18)13-7-5-8-14(11-13)17(3)4/h5,7-8,11-12H,6,9-10H2,1-4H3,(H,16,18). The molecule has 0 heterocycles. The lowest BCUT2D eigenvalue weighted by molar-refractivity contribution is 0.0757. The molecule has 4 heteroatoms. The molecule has 0 fully saturated rings. The maximum Gasteiger partial charge on any atom is 0.251 e. The van der Waals surface area contributed by atoms with Crippen LogP contribution >= 0.6 is 0 Å². The fourth-order valence-electron chi connectivity index (χ4n) is 1.62. The van der Waals surface area contributed by atoms with Crippen molar-refractivity contribution in [1.29, 1.82) is 0 Å². The second kappa shape index (κ2) is 7.79. The average molecular weight is 264 g/mol. The summed E-state index contributed by atoms with van der Waals surface area (Å²) in [5.74, 6) is -0.0340. The maximum absolute atomic E-state index is 11.9. The van der Waals surface area contributed by atoms with Gasteiger partial charge in [0, 0.05) is 38.5 Å². The Morgan fingerprint density at radius 3 is 2.74 bits per heavy atom. The van der Waals surface area contributed by atoms with E-state index >= 15 is 0 Å². The number of nitrogens with one attached hydrogen (secondary N) is 1. The number of rotatable bonds is 7. The highest BCUT2D eigenvalue weighted by Gasteiger charge is 2.06. The van der Waals surface area contributed by atoms with Crippen LogP contribution in [0, 0.1) is 0 Å². The molecule has 0 bridgehead atoms. The Balaban J connectivity index is 2.39. The summed E-state index contributed by atoms with van der Waals surface area (Å²) in [5, 5.41) is 2.90. The highest BCUT2D eigenvalue weighted by Crippen LogP contribution is 2.13. The SMILES string of the molecule is CC(C)OCCCNC(=O)c1cccc(N(C)C)c1. The second-order valence-electron chi connectivity index (χ2n) is 4.97. The maximum atomic E-state index is 11.9. The van der Waals surface area contributed by atoms with E-state index < -0.39 is 0 Å². The Labute approximate surface area is 115 Å². The Hall–Kier alpha value is -1.55. The highest BCUT2D eigenvalue weighted by atomic mass is 16.5. The van der Waals surface area contributed by atoms with Gasteiger partial charge in [-0.1, -0.05) is 6.07 Å². The van der Waals surface area contributed by atoms with Crippen LogP contribution in [0.4, 0.5) is 5.69 Å². The van der Waals surface area contributed by atoms with Crippen molar-refractivity contribution in [2.75, 3.05) is 32.1 Å². The van der Waals surface area contributed by atoms with Crippen molar-refractivity contribution in [2.24, 2.45) is 0 Å². The molecule has 1 rings (SSSR count). The summed E-state index contributed by atoms with van der Waals surface area (Å²) in [6.45, 7) is 5.32. The van der Waals surface area contributed by atoms with Gasteiger partial charge in [0.15, 0.2) is 0 Å². The van der Waals surface area contributed by atoms with E-state index in [1.54, 1.807) is 0 Å². The van der Waals surface area contributed by atoms with E-state index in [1.165, 1.54) is 0 Å². The van der Waals surface area contributed by atoms with Crippen LogP contribution in [0.3, 0.4) is 0 Å². The van der Waals surface area contributed by atoms with Gasteiger partial charge in [0.25, 0.3) is 5.91 Å². The summed E-state index contributed by atoms with van der Waals surface area (Å²) in [7, 11) is 3.92. The summed E-state index contributed by atoms with van der Waals surface area (Å²) in [4.78, 5) is 13.9. The smallest absolute Gasteiger partial charge is 0.251 e. The Morgan fingerprint density at radius 1 is 1.37 bits per heavy atom. The second-order valence-corrected chi connectivity index (χ2v) is 4.97. The molecule has 1 N–H and O–H groups in total. The van der Waals surface area contributed by atoms with Crippen LogP contribution < -0.4 is 10.2 Å². The van der Waals surface area contributed by atoms with Gasteiger partial charge < -0.3 is 15.0 Å². The van der Waals surface area contributed by atoms with E-state index in [9.17, 15) is 4.79 Å². The van der Waals surface area contributed by atoms with E-state index in [-0.39, 0.29) is 12.0 Å². The van der Waals surface area contributed by atoms with Gasteiger partial charge >= 0.3 is 0 Å². The Bertz CT molecular complexity index is 403. The number of benzene rings is 1. The molecule has 106 valence electrons. The molecule has 0 aliphatic rings. The number of carbonyl (C=O) groups is 1. The third-order valence-electron chi connectivity index (χ3n) is 2.68. The molecule has 1 aromatic carbocycles. The molecule has 1 amide bonds. The minimum absolute atomic E-state index is 0.0340. The molecule has 4 nitrogen and oxygen atoms in total. The van der Waals surface area contributed by atoms with Crippen LogP contribution in [-0.4, -0.2) is 39.3 Å². The normalized spacial score (nSPS) is 10.6. The molecule has 0 radical (unpaired) electrons. The van der Waals surface area contributed by atoms with Gasteiger partial charge in [-0.3, -0.25) is 4.79 Å². The summed E-state index contributed by atoms with van der Waals surface area (Å²) < 4.78 is 5.42. The van der Waals surface area contributed by atoms with Crippen molar-refractivity contribution >= 4 is 11.6 Å². The number of hydrogen-bond donors (Lipinski definition) is 1. The fraction of sp³-hybridized carbons (Fsp3) is 0.533. The van der Waals surface area contributed by atoms with E-state index in [1.807, 2.05) is 57.1 Å². The van der Waals surface area contributed by atoms with Crippen LogP contribution in [-0.2, 0) is 4.74 Å². The van der Waals surface area contributed by atoms with Gasteiger partial charge in [0.1, 0.15) is 0 Å². The largest absolute Gasteiger partial charge is 0.379 e. The first-order chi connectivity index (χ1) is 9.00. The molecule has 19 heavy (non-hydrogen) atoms. The van der Waals surface area contributed by atoms with E-state index in [0.717, 1.165) is 12.1 Å². The zero-order chi connectivity index (χ0) is 14.3. The lowest BCUT2D eigenvalue weighted by atomic mass is 10.2. The molecule has 0 spiro atoms. The topological polar surface area (TPSA) is 41.6 Å². The molecular formula is C15H24N2O2. The quantitative estimate of drug-likeness (QED) is 0.768. The lowest BCUT2D eigenvalue weighted by Gasteiger charge is -2.13. The predicted molar refractivity (Wildman–Crippen MR) is 78.8 cm³/mol. The number of anilines is 1. The third kappa shape index (κ3) is 5.75. The summed E-state index contributed by atoms with van der Waals surface area (Å²) in [6, 6.07) is 7.59. The minimum Gasteiger partial charge on any atom is -0.379 e. The van der Waals surface area contributed by atoms with E-state index in [4.69, 9.17) is 4.74 Å². The average Bonchev–Trinajstić information content (AvgIpc) is 2.37. The molecule has 0 aliphatic heterocycles. The molecule has 0 saturated heterocycles. The number of carbonyl (C=O) groups excluding carboxylic acids is 1. The Morgan fingerprint density at radius 2 is 2.11 bits per heavy atom. The van der Waals surface area contributed by atoms with Crippen molar-refractivity contribution in [3.05, 3.63) is 29.8 Å². The van der Waals surface area contributed by atoms with E-state index in [2.05, 4.69) is 5.32 Å². The first kappa shape index (κ1) is 15.5. The zero-order valence-corrected chi connectivity index (χ0v) is 12.3. The van der Waals surface area contributed by atoms with E-state index in [0.29, 0.717) is 18.7 Å². The fourth-order valence-corrected chi connectivity index (χ4v) is 1.62. The van der Waals surface area contributed by atoms with Crippen molar-refractivity contribution in [2.45, 2.75) is 26.4 Å². The molecule has 0 unspecified atom stereocenters. The van der Waals surface area contributed by atoms with Crippen LogP contribution in [0.5, 0.6) is 0 Å². The molecular weight excluding hydrogens is 240 g/mol. The highest BCUT2D eigenvalue weighted by molar-refractivity contribution is 5.95. The van der Waals surface area contributed by atoms with Crippen LogP contribution in [0.2, 0.25) is 0 Å². The van der Waals surface area contributed by atoms with Crippen LogP contribution in [0.15, 0.2) is 24.3 Å². The van der Waals surface area contributed by atoms with Crippen molar-refractivity contribution in [1.82, 2.24) is 5.32 Å². The van der Waals surface area contributed by atoms with Gasteiger partial charge in [0.2, 0.25) is 0 Å². The van der Waals surface area contributed by atoms with Gasteiger partial charge in [-0.15, -0.1) is 0 Å². The first-order valence-electron chi connectivity index (χ1n) is 6.68. The van der Waals surface area contributed by atoms with Crippen LogP contribution in [0.1, 0.15) is 30.6 Å². The number of amides is 1. The van der Waals surface area contributed by atoms with Crippen LogP contribution in [0.25, 0.3) is 0 Å². The van der Waals surface area contributed by atoms with Crippen molar-refractivity contribution < 1.29 is 9.53 Å². The van der Waals surface area contributed by atoms with Gasteiger partial charge in [-0.2, -0.15) is 0 Å². The van der Waals surface area contributed by atoms with Gasteiger partial charge in [-0.05, 0) is 38.5 Å².